The zero-order valence-corrected chi connectivity index (χ0v) is 13.7. The number of hydrogen-bond donors (Lipinski definition) is 1. The van der Waals surface area contributed by atoms with Crippen LogP contribution in [0.15, 0.2) is 24.5 Å². The second-order valence-corrected chi connectivity index (χ2v) is 6.16. The van der Waals surface area contributed by atoms with Crippen molar-refractivity contribution in [2.45, 2.75) is 46.7 Å². The number of aromatic nitrogens is 3. The van der Waals surface area contributed by atoms with E-state index in [0.717, 1.165) is 18.8 Å². The van der Waals surface area contributed by atoms with Crippen molar-refractivity contribution >= 4 is 0 Å². The van der Waals surface area contributed by atoms with Crippen molar-refractivity contribution in [3.05, 3.63) is 47.0 Å². The molecule has 0 aliphatic heterocycles. The molecule has 0 aliphatic carbocycles. The van der Waals surface area contributed by atoms with Crippen molar-refractivity contribution in [3.8, 4) is 0 Å². The van der Waals surface area contributed by atoms with Gasteiger partial charge in [0, 0.05) is 19.0 Å². The molecule has 1 unspecified atom stereocenters. The Kier molecular flexibility index (Phi) is 5.12. The van der Waals surface area contributed by atoms with Gasteiger partial charge in [0.2, 0.25) is 0 Å². The number of nitrogens with zero attached hydrogens (tertiary/aromatic N) is 3. The van der Waals surface area contributed by atoms with E-state index in [4.69, 9.17) is 0 Å². The summed E-state index contributed by atoms with van der Waals surface area (Å²) in [5.74, 6) is 1.61. The first-order valence-corrected chi connectivity index (χ1v) is 7.62. The Hall–Kier alpha value is -1.68. The highest BCUT2D eigenvalue weighted by molar-refractivity contribution is 5.33. The highest BCUT2D eigenvalue weighted by Gasteiger charge is 2.16. The van der Waals surface area contributed by atoms with Crippen molar-refractivity contribution < 1.29 is 0 Å². The number of hydrogen-bond acceptors (Lipinski definition) is 3. The SMILES string of the molecule is CNC(Cc1ncnn1CC(C)C)c1ccc(C)cc1C. The molecule has 2 aromatic rings. The van der Waals surface area contributed by atoms with Crippen LogP contribution in [0.4, 0.5) is 0 Å². The molecule has 0 saturated carbocycles. The summed E-state index contributed by atoms with van der Waals surface area (Å²) in [6.07, 6.45) is 2.51. The van der Waals surface area contributed by atoms with Gasteiger partial charge in [-0.2, -0.15) is 5.10 Å². The van der Waals surface area contributed by atoms with Crippen molar-refractivity contribution in [3.63, 3.8) is 0 Å². The molecule has 1 atom stereocenters. The zero-order valence-electron chi connectivity index (χ0n) is 13.7. The van der Waals surface area contributed by atoms with E-state index < -0.39 is 0 Å². The maximum atomic E-state index is 4.44. The molecule has 1 aromatic heterocycles. The van der Waals surface area contributed by atoms with Crippen LogP contribution in [0.3, 0.4) is 0 Å². The fourth-order valence-electron chi connectivity index (χ4n) is 2.71. The predicted molar refractivity (Wildman–Crippen MR) is 86.3 cm³/mol. The Morgan fingerprint density at radius 3 is 2.62 bits per heavy atom. The molecule has 1 aromatic carbocycles. The van der Waals surface area contributed by atoms with Crippen LogP contribution in [0.5, 0.6) is 0 Å². The number of aryl methyl sites for hydroxylation is 2. The van der Waals surface area contributed by atoms with Gasteiger partial charge in [-0.05, 0) is 37.9 Å². The molecule has 0 amide bonds. The van der Waals surface area contributed by atoms with E-state index in [9.17, 15) is 0 Å². The Labute approximate surface area is 127 Å². The van der Waals surface area contributed by atoms with E-state index in [2.05, 4.69) is 61.3 Å². The quantitative estimate of drug-likeness (QED) is 0.887. The molecule has 0 fully saturated rings. The van der Waals surface area contributed by atoms with Gasteiger partial charge < -0.3 is 5.32 Å². The lowest BCUT2D eigenvalue weighted by atomic mass is 9.97. The second-order valence-electron chi connectivity index (χ2n) is 6.16. The Bertz CT molecular complexity index is 586. The highest BCUT2D eigenvalue weighted by atomic mass is 15.3. The first-order valence-electron chi connectivity index (χ1n) is 7.62. The fourth-order valence-corrected chi connectivity index (χ4v) is 2.71. The predicted octanol–water partition coefficient (Wildman–Crippen LogP) is 3.05. The second kappa shape index (κ2) is 6.85. The van der Waals surface area contributed by atoms with Gasteiger partial charge in [-0.25, -0.2) is 9.67 Å². The summed E-state index contributed by atoms with van der Waals surface area (Å²) >= 11 is 0. The molecule has 4 heteroatoms. The van der Waals surface area contributed by atoms with Gasteiger partial charge in [0.15, 0.2) is 0 Å². The topological polar surface area (TPSA) is 42.7 Å². The molecule has 4 nitrogen and oxygen atoms in total. The number of likely N-dealkylation sites (N-methyl/N-ethyl adjacent to an activating group) is 1. The summed E-state index contributed by atoms with van der Waals surface area (Å²) in [6.45, 7) is 9.62. The summed E-state index contributed by atoms with van der Waals surface area (Å²) < 4.78 is 2.03. The lowest BCUT2D eigenvalue weighted by Gasteiger charge is -2.19. The Morgan fingerprint density at radius 2 is 2.00 bits per heavy atom. The third-order valence-corrected chi connectivity index (χ3v) is 3.77. The molecule has 0 bridgehead atoms. The minimum atomic E-state index is 0.265. The van der Waals surface area contributed by atoms with Crippen LogP contribution in [0, 0.1) is 19.8 Å². The fraction of sp³-hybridized carbons (Fsp3) is 0.529. The third-order valence-electron chi connectivity index (χ3n) is 3.77. The van der Waals surface area contributed by atoms with Crippen molar-refractivity contribution in [1.82, 2.24) is 20.1 Å². The Morgan fingerprint density at radius 1 is 1.24 bits per heavy atom. The maximum absolute atomic E-state index is 4.44. The van der Waals surface area contributed by atoms with E-state index >= 15 is 0 Å². The lowest BCUT2D eigenvalue weighted by Crippen LogP contribution is -2.22. The van der Waals surface area contributed by atoms with Gasteiger partial charge in [0.25, 0.3) is 0 Å². The van der Waals surface area contributed by atoms with Gasteiger partial charge in [-0.3, -0.25) is 0 Å². The summed E-state index contributed by atoms with van der Waals surface area (Å²) in [4.78, 5) is 4.44. The minimum absolute atomic E-state index is 0.265. The molecule has 1 heterocycles. The van der Waals surface area contributed by atoms with Crippen LogP contribution >= 0.6 is 0 Å². The molecular formula is C17H26N4. The van der Waals surface area contributed by atoms with Crippen LogP contribution in [0.1, 0.15) is 42.4 Å². The molecular weight excluding hydrogens is 260 g/mol. The average molecular weight is 286 g/mol. The Balaban J connectivity index is 2.21. The maximum Gasteiger partial charge on any atom is 0.138 e. The van der Waals surface area contributed by atoms with Gasteiger partial charge in [0.05, 0.1) is 0 Å². The van der Waals surface area contributed by atoms with E-state index in [1.807, 2.05) is 11.7 Å². The summed E-state index contributed by atoms with van der Waals surface area (Å²) in [5.41, 5.74) is 3.96. The number of nitrogens with one attached hydrogen (secondary N) is 1. The van der Waals surface area contributed by atoms with Gasteiger partial charge in [0.1, 0.15) is 12.2 Å². The molecule has 1 N–H and O–H groups in total. The van der Waals surface area contributed by atoms with Crippen LogP contribution in [-0.2, 0) is 13.0 Å². The van der Waals surface area contributed by atoms with Crippen LogP contribution in [0.2, 0.25) is 0 Å². The van der Waals surface area contributed by atoms with Crippen LogP contribution < -0.4 is 5.32 Å². The molecule has 2 rings (SSSR count). The molecule has 0 aliphatic rings. The van der Waals surface area contributed by atoms with Crippen molar-refractivity contribution in [2.24, 2.45) is 5.92 Å². The van der Waals surface area contributed by atoms with E-state index in [1.165, 1.54) is 16.7 Å². The van der Waals surface area contributed by atoms with Crippen molar-refractivity contribution in [1.29, 1.82) is 0 Å². The first-order chi connectivity index (χ1) is 10.0. The van der Waals surface area contributed by atoms with E-state index in [-0.39, 0.29) is 6.04 Å². The molecule has 114 valence electrons. The van der Waals surface area contributed by atoms with E-state index in [0.29, 0.717) is 5.92 Å². The smallest absolute Gasteiger partial charge is 0.138 e. The largest absolute Gasteiger partial charge is 0.313 e. The van der Waals surface area contributed by atoms with Crippen molar-refractivity contribution in [2.75, 3.05) is 7.05 Å². The lowest BCUT2D eigenvalue weighted by molar-refractivity contribution is 0.451. The van der Waals surface area contributed by atoms with Gasteiger partial charge in [-0.1, -0.05) is 37.6 Å². The third kappa shape index (κ3) is 3.91. The number of rotatable bonds is 6. The molecule has 21 heavy (non-hydrogen) atoms. The molecule has 0 radical (unpaired) electrons. The standard InChI is InChI=1S/C17H26N4/c1-12(2)10-21-17(19-11-20-21)9-16(18-5)15-7-6-13(3)8-14(15)4/h6-8,11-12,16,18H,9-10H2,1-5H3. The van der Waals surface area contributed by atoms with E-state index in [1.54, 1.807) is 6.33 Å². The summed E-state index contributed by atoms with van der Waals surface area (Å²) in [7, 11) is 2.01. The molecule has 0 saturated heterocycles. The van der Waals surface area contributed by atoms with Gasteiger partial charge in [-0.15, -0.1) is 0 Å². The average Bonchev–Trinajstić information content (AvgIpc) is 2.83. The zero-order chi connectivity index (χ0) is 15.4. The highest BCUT2D eigenvalue weighted by Crippen LogP contribution is 2.22. The minimum Gasteiger partial charge on any atom is -0.313 e. The summed E-state index contributed by atoms with van der Waals surface area (Å²) in [5, 5.41) is 7.77. The van der Waals surface area contributed by atoms with Gasteiger partial charge >= 0.3 is 0 Å². The monoisotopic (exact) mass is 286 g/mol. The molecule has 0 spiro atoms. The van der Waals surface area contributed by atoms with Crippen LogP contribution in [0.25, 0.3) is 0 Å². The number of benzene rings is 1. The van der Waals surface area contributed by atoms with Crippen LogP contribution in [-0.4, -0.2) is 21.8 Å². The normalized spacial score (nSPS) is 12.9. The summed E-state index contributed by atoms with van der Waals surface area (Å²) in [6, 6.07) is 6.89. The first kappa shape index (κ1) is 15.7.